The number of amides is 1. The Balaban J connectivity index is 1.56. The van der Waals surface area contributed by atoms with Crippen LogP contribution in [0.4, 0.5) is 4.39 Å². The zero-order valence-electron chi connectivity index (χ0n) is 14.6. The van der Waals surface area contributed by atoms with Gasteiger partial charge in [0.05, 0.1) is 22.5 Å². The number of aromatic nitrogens is 2. The fourth-order valence-electron chi connectivity index (χ4n) is 3.07. The van der Waals surface area contributed by atoms with Crippen LogP contribution in [0.3, 0.4) is 0 Å². The van der Waals surface area contributed by atoms with Crippen LogP contribution in [0.15, 0.2) is 66.0 Å². The van der Waals surface area contributed by atoms with Crippen molar-refractivity contribution in [3.8, 4) is 0 Å². The van der Waals surface area contributed by atoms with Crippen LogP contribution >= 0.6 is 11.3 Å². The summed E-state index contributed by atoms with van der Waals surface area (Å²) in [5, 5.41) is 4.80. The van der Waals surface area contributed by atoms with Gasteiger partial charge in [0.25, 0.3) is 5.91 Å². The average molecular weight is 379 g/mol. The number of fused-ring (bicyclic) bond motifs is 1. The van der Waals surface area contributed by atoms with Crippen LogP contribution in [0.2, 0.25) is 0 Å². The number of para-hydroxylation sites is 2. The number of halogens is 1. The monoisotopic (exact) mass is 379 g/mol. The molecule has 0 saturated carbocycles. The second kappa shape index (κ2) is 7.72. The van der Waals surface area contributed by atoms with Crippen LogP contribution in [0.1, 0.15) is 21.1 Å². The molecule has 0 bridgehead atoms. The van der Waals surface area contributed by atoms with Gasteiger partial charge in [-0.15, -0.1) is 11.3 Å². The molecule has 0 saturated heterocycles. The van der Waals surface area contributed by atoms with Gasteiger partial charge < -0.3 is 9.88 Å². The summed E-state index contributed by atoms with van der Waals surface area (Å²) in [6.07, 6.45) is 0.570. The maximum atomic E-state index is 14.1. The highest BCUT2D eigenvalue weighted by atomic mass is 32.1. The summed E-state index contributed by atoms with van der Waals surface area (Å²) in [5.41, 5.74) is 2.44. The first-order chi connectivity index (χ1) is 13.2. The molecule has 0 atom stereocenters. The third-order valence-electron chi connectivity index (χ3n) is 4.40. The first-order valence-electron chi connectivity index (χ1n) is 8.71. The van der Waals surface area contributed by atoms with E-state index in [2.05, 4.69) is 10.3 Å². The smallest absolute Gasteiger partial charge is 0.261 e. The quantitative estimate of drug-likeness (QED) is 0.544. The Hall–Kier alpha value is -2.99. The molecule has 0 aliphatic carbocycles. The Morgan fingerprint density at radius 3 is 2.70 bits per heavy atom. The molecule has 0 unspecified atom stereocenters. The molecule has 0 fully saturated rings. The molecule has 2 aromatic carbocycles. The minimum atomic E-state index is -0.229. The lowest BCUT2D eigenvalue weighted by atomic mass is 10.2. The molecule has 2 aromatic heterocycles. The van der Waals surface area contributed by atoms with Crippen LogP contribution in [0.25, 0.3) is 11.0 Å². The summed E-state index contributed by atoms with van der Waals surface area (Å²) < 4.78 is 16.2. The lowest BCUT2D eigenvalue weighted by Crippen LogP contribution is -2.25. The summed E-state index contributed by atoms with van der Waals surface area (Å²) in [6.45, 7) is 0.874. The molecule has 0 aliphatic heterocycles. The van der Waals surface area contributed by atoms with E-state index >= 15 is 0 Å². The van der Waals surface area contributed by atoms with Gasteiger partial charge in [-0.1, -0.05) is 36.4 Å². The molecule has 2 heterocycles. The van der Waals surface area contributed by atoms with E-state index in [-0.39, 0.29) is 11.7 Å². The van der Waals surface area contributed by atoms with Gasteiger partial charge >= 0.3 is 0 Å². The summed E-state index contributed by atoms with van der Waals surface area (Å²) in [7, 11) is 0. The third-order valence-corrected chi connectivity index (χ3v) is 5.27. The van der Waals surface area contributed by atoms with Gasteiger partial charge in [0, 0.05) is 18.5 Å². The van der Waals surface area contributed by atoms with Crippen molar-refractivity contribution in [2.75, 3.05) is 6.54 Å². The highest BCUT2D eigenvalue weighted by Gasteiger charge is 2.13. The van der Waals surface area contributed by atoms with Crippen molar-refractivity contribution in [2.24, 2.45) is 0 Å². The van der Waals surface area contributed by atoms with Gasteiger partial charge in [-0.25, -0.2) is 9.37 Å². The van der Waals surface area contributed by atoms with E-state index in [1.54, 1.807) is 18.2 Å². The normalized spacial score (nSPS) is 11.0. The Kier molecular flexibility index (Phi) is 4.98. The Bertz CT molecular complexity index is 1070. The number of imidazole rings is 1. The number of carbonyl (C=O) groups excluding carboxylic acids is 1. The first-order valence-corrected chi connectivity index (χ1v) is 9.59. The zero-order valence-corrected chi connectivity index (χ0v) is 15.4. The summed E-state index contributed by atoms with van der Waals surface area (Å²) in [4.78, 5) is 17.5. The summed E-state index contributed by atoms with van der Waals surface area (Å²) in [6, 6.07) is 18.2. The van der Waals surface area contributed by atoms with E-state index in [1.807, 2.05) is 46.3 Å². The van der Waals surface area contributed by atoms with Crippen LogP contribution in [0, 0.1) is 5.82 Å². The standard InChI is InChI=1S/C21H18FN3OS/c22-16-7-2-1-6-15(16)14-25-18-9-4-3-8-17(18)24-20(25)11-12-23-21(26)19-10-5-13-27-19/h1-10,13H,11-12,14H2,(H,23,26). The van der Waals surface area contributed by atoms with Crippen molar-refractivity contribution in [1.29, 1.82) is 0 Å². The van der Waals surface area contributed by atoms with Crippen molar-refractivity contribution in [3.05, 3.63) is 88.1 Å². The van der Waals surface area contributed by atoms with Crippen LogP contribution < -0.4 is 5.32 Å². The van der Waals surface area contributed by atoms with Crippen molar-refractivity contribution in [3.63, 3.8) is 0 Å². The molecule has 1 amide bonds. The van der Waals surface area contributed by atoms with Crippen molar-refractivity contribution in [1.82, 2.24) is 14.9 Å². The minimum Gasteiger partial charge on any atom is -0.351 e. The van der Waals surface area contributed by atoms with Crippen LogP contribution in [-0.2, 0) is 13.0 Å². The molecule has 4 nitrogen and oxygen atoms in total. The van der Waals surface area contributed by atoms with Gasteiger partial charge in [-0.2, -0.15) is 0 Å². The highest BCUT2D eigenvalue weighted by Crippen LogP contribution is 2.19. The second-order valence-corrected chi connectivity index (χ2v) is 7.13. The summed E-state index contributed by atoms with van der Waals surface area (Å²) >= 11 is 1.41. The molecule has 0 spiro atoms. The maximum Gasteiger partial charge on any atom is 0.261 e. The van der Waals surface area contributed by atoms with E-state index in [4.69, 9.17) is 0 Å². The Morgan fingerprint density at radius 2 is 1.89 bits per heavy atom. The number of benzene rings is 2. The molecule has 4 rings (SSSR count). The Labute approximate surface area is 160 Å². The lowest BCUT2D eigenvalue weighted by molar-refractivity contribution is 0.0958. The topological polar surface area (TPSA) is 46.9 Å². The molecule has 6 heteroatoms. The number of thiophene rings is 1. The van der Waals surface area contributed by atoms with E-state index in [9.17, 15) is 9.18 Å². The van der Waals surface area contributed by atoms with E-state index in [1.165, 1.54) is 17.4 Å². The molecular weight excluding hydrogens is 361 g/mol. The van der Waals surface area contributed by atoms with Crippen molar-refractivity contribution >= 4 is 28.3 Å². The van der Waals surface area contributed by atoms with Gasteiger partial charge in [0.1, 0.15) is 11.6 Å². The lowest BCUT2D eigenvalue weighted by Gasteiger charge is -2.11. The van der Waals surface area contributed by atoms with Gasteiger partial charge in [-0.05, 0) is 29.6 Å². The predicted molar refractivity (Wildman–Crippen MR) is 106 cm³/mol. The highest BCUT2D eigenvalue weighted by molar-refractivity contribution is 7.12. The molecule has 136 valence electrons. The van der Waals surface area contributed by atoms with E-state index < -0.39 is 0 Å². The predicted octanol–water partition coefficient (Wildman–Crippen LogP) is 4.26. The maximum absolute atomic E-state index is 14.1. The number of carbonyl (C=O) groups is 1. The van der Waals surface area contributed by atoms with Crippen molar-refractivity contribution in [2.45, 2.75) is 13.0 Å². The molecule has 0 radical (unpaired) electrons. The first kappa shape index (κ1) is 17.4. The second-order valence-electron chi connectivity index (χ2n) is 6.18. The third kappa shape index (κ3) is 3.75. The van der Waals surface area contributed by atoms with Gasteiger partial charge in [0.2, 0.25) is 0 Å². The van der Waals surface area contributed by atoms with E-state index in [0.717, 1.165) is 16.9 Å². The van der Waals surface area contributed by atoms with Gasteiger partial charge in [0.15, 0.2) is 0 Å². The fourth-order valence-corrected chi connectivity index (χ4v) is 3.71. The van der Waals surface area contributed by atoms with E-state index in [0.29, 0.717) is 30.0 Å². The number of nitrogens with one attached hydrogen (secondary N) is 1. The SMILES string of the molecule is O=C(NCCc1nc2ccccc2n1Cc1ccccc1F)c1cccs1. The largest absolute Gasteiger partial charge is 0.351 e. The fraction of sp³-hybridized carbons (Fsp3) is 0.143. The van der Waals surface area contributed by atoms with Crippen molar-refractivity contribution < 1.29 is 9.18 Å². The molecule has 0 aliphatic rings. The Morgan fingerprint density at radius 1 is 1.07 bits per heavy atom. The van der Waals surface area contributed by atoms with Crippen LogP contribution in [-0.4, -0.2) is 22.0 Å². The average Bonchev–Trinajstić information content (AvgIpc) is 3.32. The number of hydrogen-bond donors (Lipinski definition) is 1. The number of nitrogens with zero attached hydrogens (tertiary/aromatic N) is 2. The molecule has 1 N–H and O–H groups in total. The molecule has 4 aromatic rings. The minimum absolute atomic E-state index is 0.0817. The number of hydrogen-bond acceptors (Lipinski definition) is 3. The number of rotatable bonds is 6. The zero-order chi connectivity index (χ0) is 18.6. The summed E-state index contributed by atoms with van der Waals surface area (Å²) in [5.74, 6) is 0.514. The van der Waals surface area contributed by atoms with Gasteiger partial charge in [-0.3, -0.25) is 4.79 Å². The molecular formula is C21H18FN3OS. The molecule has 27 heavy (non-hydrogen) atoms. The van der Waals surface area contributed by atoms with Crippen LogP contribution in [0.5, 0.6) is 0 Å².